The molecule has 0 aliphatic rings. The minimum Gasteiger partial charge on any atom is -0.420 e. The quantitative estimate of drug-likeness (QED) is 0.524. The number of benzene rings is 2. The molecule has 0 heterocycles. The molecular formula is C17H13F2NO3. The molecule has 0 bridgehead atoms. The average Bonchev–Trinajstić information content (AvgIpc) is 2.55. The van der Waals surface area contributed by atoms with Crippen molar-refractivity contribution in [3.63, 3.8) is 0 Å². The number of carbonyl (C=O) groups excluding carboxylic acids is 2. The number of carbonyl (C=O) groups is 2. The molecule has 2 aromatic carbocycles. The lowest BCUT2D eigenvalue weighted by Crippen LogP contribution is -2.20. The normalized spacial score (nSPS) is 10.0. The van der Waals surface area contributed by atoms with Crippen molar-refractivity contribution in [2.45, 2.75) is 6.54 Å². The third-order valence-corrected chi connectivity index (χ3v) is 2.94. The van der Waals surface area contributed by atoms with Gasteiger partial charge in [0.15, 0.2) is 11.6 Å². The van der Waals surface area contributed by atoms with Gasteiger partial charge in [0.2, 0.25) is 5.91 Å². The van der Waals surface area contributed by atoms with Crippen LogP contribution in [-0.2, 0) is 11.3 Å². The summed E-state index contributed by atoms with van der Waals surface area (Å²) in [4.78, 5) is 23.0. The van der Waals surface area contributed by atoms with Gasteiger partial charge >= 0.3 is 5.97 Å². The SMILES string of the molecule is C=CC(=O)NCc1ccc(C(=O)Oc2ccc(F)cc2F)cc1. The maximum Gasteiger partial charge on any atom is 0.343 e. The van der Waals surface area contributed by atoms with E-state index < -0.39 is 17.6 Å². The third kappa shape index (κ3) is 4.47. The summed E-state index contributed by atoms with van der Waals surface area (Å²) in [5, 5.41) is 2.59. The van der Waals surface area contributed by atoms with Crippen LogP contribution in [0.5, 0.6) is 5.75 Å². The second-order valence-corrected chi connectivity index (χ2v) is 4.58. The molecule has 6 heteroatoms. The first-order valence-corrected chi connectivity index (χ1v) is 6.66. The lowest BCUT2D eigenvalue weighted by atomic mass is 10.1. The molecule has 1 N–H and O–H groups in total. The zero-order valence-electron chi connectivity index (χ0n) is 12.0. The van der Waals surface area contributed by atoms with Crippen LogP contribution in [0.1, 0.15) is 15.9 Å². The van der Waals surface area contributed by atoms with Gasteiger partial charge < -0.3 is 10.1 Å². The fraction of sp³-hybridized carbons (Fsp3) is 0.0588. The summed E-state index contributed by atoms with van der Waals surface area (Å²) in [5.41, 5.74) is 0.970. The van der Waals surface area contributed by atoms with Crippen molar-refractivity contribution in [2.75, 3.05) is 0 Å². The molecule has 0 aliphatic heterocycles. The number of nitrogens with one attached hydrogen (secondary N) is 1. The first-order valence-electron chi connectivity index (χ1n) is 6.66. The van der Waals surface area contributed by atoms with Crippen molar-refractivity contribution in [3.8, 4) is 5.75 Å². The van der Waals surface area contributed by atoms with E-state index in [4.69, 9.17) is 4.74 Å². The number of ether oxygens (including phenoxy) is 1. The Kier molecular flexibility index (Phi) is 5.19. The van der Waals surface area contributed by atoms with Crippen LogP contribution >= 0.6 is 0 Å². The van der Waals surface area contributed by atoms with Gasteiger partial charge in [0.25, 0.3) is 0 Å². The minimum atomic E-state index is -0.956. The van der Waals surface area contributed by atoms with E-state index in [1.54, 1.807) is 12.1 Å². The Hall–Kier alpha value is -3.02. The summed E-state index contributed by atoms with van der Waals surface area (Å²) in [6.45, 7) is 3.62. The van der Waals surface area contributed by atoms with Crippen LogP contribution in [0, 0.1) is 11.6 Å². The average molecular weight is 317 g/mol. The molecule has 0 atom stereocenters. The highest BCUT2D eigenvalue weighted by Gasteiger charge is 2.12. The summed E-state index contributed by atoms with van der Waals surface area (Å²) in [5.74, 6) is -3.13. The molecule has 0 unspecified atom stereocenters. The second-order valence-electron chi connectivity index (χ2n) is 4.58. The molecule has 118 valence electrons. The Bertz CT molecular complexity index is 742. The van der Waals surface area contributed by atoms with E-state index in [0.717, 1.165) is 23.8 Å². The Morgan fingerprint density at radius 1 is 1.13 bits per heavy atom. The Balaban J connectivity index is 2.02. The van der Waals surface area contributed by atoms with Gasteiger partial charge in [-0.25, -0.2) is 13.6 Å². The first-order chi connectivity index (χ1) is 11.0. The fourth-order valence-corrected chi connectivity index (χ4v) is 1.74. The summed E-state index contributed by atoms with van der Waals surface area (Å²) in [7, 11) is 0. The summed E-state index contributed by atoms with van der Waals surface area (Å²) in [6, 6.07) is 8.90. The number of amides is 1. The van der Waals surface area contributed by atoms with Gasteiger partial charge in [0.05, 0.1) is 5.56 Å². The number of esters is 1. The molecule has 1 amide bonds. The molecule has 23 heavy (non-hydrogen) atoms. The van der Waals surface area contributed by atoms with Crippen LogP contribution in [-0.4, -0.2) is 11.9 Å². The number of halogens is 2. The summed E-state index contributed by atoms with van der Waals surface area (Å²) >= 11 is 0. The predicted octanol–water partition coefficient (Wildman–Crippen LogP) is 2.99. The van der Waals surface area contributed by atoms with E-state index >= 15 is 0 Å². The first kappa shape index (κ1) is 16.4. The summed E-state index contributed by atoms with van der Waals surface area (Å²) in [6.07, 6.45) is 1.16. The highest BCUT2D eigenvalue weighted by molar-refractivity contribution is 5.91. The largest absolute Gasteiger partial charge is 0.420 e. The molecule has 2 aromatic rings. The van der Waals surface area contributed by atoms with Crippen LogP contribution in [0.25, 0.3) is 0 Å². The molecule has 0 fully saturated rings. The van der Waals surface area contributed by atoms with Crippen molar-refractivity contribution >= 4 is 11.9 Å². The lowest BCUT2D eigenvalue weighted by molar-refractivity contribution is -0.116. The smallest absolute Gasteiger partial charge is 0.343 e. The van der Waals surface area contributed by atoms with Crippen LogP contribution in [0.15, 0.2) is 55.1 Å². The van der Waals surface area contributed by atoms with Crippen LogP contribution in [0.2, 0.25) is 0 Å². The molecule has 4 nitrogen and oxygen atoms in total. The standard InChI is InChI=1S/C17H13F2NO3/c1-2-16(21)20-10-11-3-5-12(6-4-11)17(22)23-15-8-7-13(18)9-14(15)19/h2-9H,1,10H2,(H,20,21). The van der Waals surface area contributed by atoms with Gasteiger partial charge in [-0.1, -0.05) is 18.7 Å². The zero-order valence-corrected chi connectivity index (χ0v) is 12.0. The topological polar surface area (TPSA) is 55.4 Å². The van der Waals surface area contributed by atoms with E-state index in [2.05, 4.69) is 11.9 Å². The molecule has 0 aromatic heterocycles. The van der Waals surface area contributed by atoms with Crippen molar-refractivity contribution in [1.29, 1.82) is 0 Å². The van der Waals surface area contributed by atoms with E-state index in [0.29, 0.717) is 6.07 Å². The number of hydrogen-bond donors (Lipinski definition) is 1. The molecule has 0 saturated heterocycles. The van der Waals surface area contributed by atoms with Gasteiger partial charge in [0.1, 0.15) is 5.82 Å². The minimum absolute atomic E-state index is 0.201. The third-order valence-electron chi connectivity index (χ3n) is 2.94. The van der Waals surface area contributed by atoms with Gasteiger partial charge in [-0.15, -0.1) is 0 Å². The van der Waals surface area contributed by atoms with Crippen LogP contribution < -0.4 is 10.1 Å². The van der Waals surface area contributed by atoms with Gasteiger partial charge in [-0.2, -0.15) is 0 Å². The molecular weight excluding hydrogens is 304 g/mol. The second kappa shape index (κ2) is 7.31. The Morgan fingerprint density at radius 3 is 2.43 bits per heavy atom. The number of rotatable bonds is 5. The van der Waals surface area contributed by atoms with Gasteiger partial charge in [-0.3, -0.25) is 4.79 Å². The van der Waals surface area contributed by atoms with Crippen molar-refractivity contribution < 1.29 is 23.1 Å². The molecule has 0 radical (unpaired) electrons. The van der Waals surface area contributed by atoms with Crippen molar-refractivity contribution in [2.24, 2.45) is 0 Å². The molecule has 2 rings (SSSR count). The van der Waals surface area contributed by atoms with E-state index in [1.807, 2.05) is 0 Å². The fourth-order valence-electron chi connectivity index (χ4n) is 1.74. The number of hydrogen-bond acceptors (Lipinski definition) is 3. The molecule has 0 spiro atoms. The maximum atomic E-state index is 13.4. The van der Waals surface area contributed by atoms with Gasteiger partial charge in [0, 0.05) is 12.6 Å². The maximum absolute atomic E-state index is 13.4. The van der Waals surface area contributed by atoms with Crippen molar-refractivity contribution in [1.82, 2.24) is 5.32 Å². The highest BCUT2D eigenvalue weighted by Crippen LogP contribution is 2.19. The van der Waals surface area contributed by atoms with E-state index in [9.17, 15) is 18.4 Å². The van der Waals surface area contributed by atoms with E-state index in [1.165, 1.54) is 12.1 Å². The van der Waals surface area contributed by atoms with Crippen molar-refractivity contribution in [3.05, 3.63) is 77.9 Å². The molecule has 0 saturated carbocycles. The monoisotopic (exact) mass is 317 g/mol. The summed E-state index contributed by atoms with van der Waals surface area (Å²) < 4.78 is 31.1. The Labute approximate surface area is 131 Å². The van der Waals surface area contributed by atoms with Crippen LogP contribution in [0.4, 0.5) is 8.78 Å². The molecule has 0 aliphatic carbocycles. The highest BCUT2D eigenvalue weighted by atomic mass is 19.1. The Morgan fingerprint density at radius 2 is 1.83 bits per heavy atom. The predicted molar refractivity (Wildman–Crippen MR) is 79.8 cm³/mol. The zero-order chi connectivity index (χ0) is 16.8. The lowest BCUT2D eigenvalue weighted by Gasteiger charge is -2.07. The van der Waals surface area contributed by atoms with E-state index in [-0.39, 0.29) is 23.8 Å². The van der Waals surface area contributed by atoms with Gasteiger partial charge in [-0.05, 0) is 35.9 Å². The van der Waals surface area contributed by atoms with Crippen LogP contribution in [0.3, 0.4) is 0 Å².